The summed E-state index contributed by atoms with van der Waals surface area (Å²) in [5, 5.41) is 4.32. The van der Waals surface area contributed by atoms with E-state index in [2.05, 4.69) is 10.3 Å². The van der Waals surface area contributed by atoms with Crippen molar-refractivity contribution in [2.75, 3.05) is 40.0 Å². The van der Waals surface area contributed by atoms with Crippen LogP contribution in [0.2, 0.25) is 0 Å². The predicted octanol–water partition coefficient (Wildman–Crippen LogP) is 1.19. The first-order valence-electron chi connectivity index (χ1n) is 8.98. The van der Waals surface area contributed by atoms with Crippen LogP contribution >= 0.6 is 11.8 Å². The molecule has 0 aliphatic rings. The van der Waals surface area contributed by atoms with E-state index in [1.807, 2.05) is 16.9 Å². The number of hydrogen-bond acceptors (Lipinski definition) is 6. The highest BCUT2D eigenvalue weighted by Gasteiger charge is 2.23. The van der Waals surface area contributed by atoms with E-state index >= 15 is 0 Å². The predicted molar refractivity (Wildman–Crippen MR) is 110 cm³/mol. The molecule has 0 aliphatic heterocycles. The van der Waals surface area contributed by atoms with Gasteiger partial charge in [0.05, 0.1) is 6.61 Å². The smallest absolute Gasteiger partial charge is 0.265 e. The number of amides is 3. The summed E-state index contributed by atoms with van der Waals surface area (Å²) in [7, 11) is 2.95. The Balaban J connectivity index is 2.29. The second kappa shape index (κ2) is 10.6. The Bertz CT molecular complexity index is 870. The third kappa shape index (κ3) is 5.81. The summed E-state index contributed by atoms with van der Waals surface area (Å²) in [5.41, 5.74) is 1.12. The van der Waals surface area contributed by atoms with E-state index in [1.165, 1.54) is 30.8 Å². The van der Waals surface area contributed by atoms with Gasteiger partial charge >= 0.3 is 0 Å². The Labute approximate surface area is 174 Å². The van der Waals surface area contributed by atoms with Crippen molar-refractivity contribution in [2.24, 2.45) is 0 Å². The molecule has 0 aliphatic carbocycles. The van der Waals surface area contributed by atoms with Gasteiger partial charge in [0.2, 0.25) is 5.91 Å². The highest BCUT2D eigenvalue weighted by Crippen LogP contribution is 2.19. The highest BCUT2D eigenvalue weighted by atomic mass is 32.2. The summed E-state index contributed by atoms with van der Waals surface area (Å²) >= 11 is 1.48. The lowest BCUT2D eigenvalue weighted by atomic mass is 10.1. The van der Waals surface area contributed by atoms with Crippen molar-refractivity contribution >= 4 is 29.5 Å². The molecule has 2 aromatic rings. The number of thioether (sulfide) groups is 1. The van der Waals surface area contributed by atoms with Gasteiger partial charge in [-0.3, -0.25) is 23.8 Å². The Morgan fingerprint density at radius 2 is 2.03 bits per heavy atom. The third-order valence-electron chi connectivity index (χ3n) is 4.06. The molecule has 0 saturated heterocycles. The molecule has 1 N–H and O–H groups in total. The first-order valence-corrected chi connectivity index (χ1v) is 10.2. The van der Waals surface area contributed by atoms with Crippen molar-refractivity contribution in [1.82, 2.24) is 24.8 Å². The number of nitrogens with zero attached hydrogens (tertiary/aromatic N) is 4. The maximum atomic E-state index is 13.1. The summed E-state index contributed by atoms with van der Waals surface area (Å²) in [5.74, 6) is -1.24. The monoisotopic (exact) mass is 419 g/mol. The Kier molecular flexibility index (Phi) is 8.22. The first kappa shape index (κ1) is 22.4. The molecule has 0 unspecified atom stereocenters. The molecule has 0 radical (unpaired) electrons. The molecular weight excluding hydrogens is 394 g/mol. The molecule has 0 atom stereocenters. The minimum Gasteiger partial charge on any atom is -0.358 e. The fourth-order valence-electron chi connectivity index (χ4n) is 2.59. The fourth-order valence-corrected chi connectivity index (χ4v) is 3.12. The number of carbonyl (C=O) groups is 3. The second-order valence-electron chi connectivity index (χ2n) is 5.98. The van der Waals surface area contributed by atoms with Crippen LogP contribution in [0.1, 0.15) is 17.3 Å². The SMILES string of the molecule is CCON(C)C(=O)CN(CC(=O)NC)C(=O)c1cccc(-n2ccnc2SC)c1. The van der Waals surface area contributed by atoms with Gasteiger partial charge in [-0.2, -0.15) is 0 Å². The largest absolute Gasteiger partial charge is 0.358 e. The van der Waals surface area contributed by atoms with Gasteiger partial charge in [0, 0.05) is 37.7 Å². The van der Waals surface area contributed by atoms with E-state index in [0.29, 0.717) is 12.2 Å². The number of aromatic nitrogens is 2. The fraction of sp³-hybridized carbons (Fsp3) is 0.368. The quantitative estimate of drug-likeness (QED) is 0.485. The lowest BCUT2D eigenvalue weighted by Gasteiger charge is -2.24. The van der Waals surface area contributed by atoms with Crippen LogP contribution in [0.15, 0.2) is 41.8 Å². The van der Waals surface area contributed by atoms with Crippen LogP contribution in [0.5, 0.6) is 0 Å². The molecule has 1 heterocycles. The topological polar surface area (TPSA) is 96.8 Å². The lowest BCUT2D eigenvalue weighted by Crippen LogP contribution is -2.45. The number of imidazole rings is 1. The van der Waals surface area contributed by atoms with Crippen LogP contribution in [0, 0.1) is 0 Å². The molecule has 0 fully saturated rings. The van der Waals surface area contributed by atoms with Crippen LogP contribution in [0.4, 0.5) is 0 Å². The normalized spacial score (nSPS) is 10.5. The third-order valence-corrected chi connectivity index (χ3v) is 4.73. The average Bonchev–Trinajstić information content (AvgIpc) is 3.21. The van der Waals surface area contributed by atoms with Crippen molar-refractivity contribution < 1.29 is 19.2 Å². The van der Waals surface area contributed by atoms with Gasteiger partial charge in [0.25, 0.3) is 11.8 Å². The summed E-state index contributed by atoms with van der Waals surface area (Å²) in [4.78, 5) is 47.9. The van der Waals surface area contributed by atoms with E-state index in [0.717, 1.165) is 15.9 Å². The number of rotatable bonds is 9. The molecule has 2 rings (SSSR count). The summed E-state index contributed by atoms with van der Waals surface area (Å²) in [6, 6.07) is 6.96. The molecule has 10 heteroatoms. The number of hydrogen-bond donors (Lipinski definition) is 1. The van der Waals surface area contributed by atoms with Crippen LogP contribution in [0.3, 0.4) is 0 Å². The molecule has 0 spiro atoms. The van der Waals surface area contributed by atoms with Crippen LogP contribution in [0.25, 0.3) is 5.69 Å². The summed E-state index contributed by atoms with van der Waals surface area (Å²) < 4.78 is 1.86. The van der Waals surface area contributed by atoms with Crippen molar-refractivity contribution in [3.8, 4) is 5.69 Å². The summed E-state index contributed by atoms with van der Waals surface area (Å²) in [6.07, 6.45) is 5.40. The lowest BCUT2D eigenvalue weighted by molar-refractivity contribution is -0.177. The van der Waals surface area contributed by atoms with Crippen molar-refractivity contribution in [3.63, 3.8) is 0 Å². The zero-order valence-corrected chi connectivity index (χ0v) is 17.7. The molecule has 29 heavy (non-hydrogen) atoms. The van der Waals surface area contributed by atoms with Crippen LogP contribution < -0.4 is 5.32 Å². The maximum absolute atomic E-state index is 13.1. The van der Waals surface area contributed by atoms with E-state index in [-0.39, 0.29) is 19.0 Å². The minimum absolute atomic E-state index is 0.244. The average molecular weight is 420 g/mol. The zero-order valence-electron chi connectivity index (χ0n) is 16.9. The Hall–Kier alpha value is -2.85. The van der Waals surface area contributed by atoms with Gasteiger partial charge < -0.3 is 10.2 Å². The number of hydroxylamine groups is 2. The van der Waals surface area contributed by atoms with E-state index in [4.69, 9.17) is 4.84 Å². The number of benzene rings is 1. The molecule has 1 aromatic carbocycles. The van der Waals surface area contributed by atoms with Gasteiger partial charge in [-0.15, -0.1) is 0 Å². The molecule has 1 aromatic heterocycles. The van der Waals surface area contributed by atoms with Gasteiger partial charge in [0.1, 0.15) is 13.1 Å². The van der Waals surface area contributed by atoms with Crippen molar-refractivity contribution in [1.29, 1.82) is 0 Å². The number of likely N-dealkylation sites (N-methyl/N-ethyl adjacent to an activating group) is 2. The van der Waals surface area contributed by atoms with Crippen molar-refractivity contribution in [2.45, 2.75) is 12.1 Å². The van der Waals surface area contributed by atoms with E-state index in [1.54, 1.807) is 37.5 Å². The van der Waals surface area contributed by atoms with Crippen LogP contribution in [-0.2, 0) is 14.4 Å². The first-order chi connectivity index (χ1) is 13.9. The van der Waals surface area contributed by atoms with E-state index < -0.39 is 11.8 Å². The van der Waals surface area contributed by atoms with Gasteiger partial charge in [-0.05, 0) is 31.4 Å². The number of nitrogens with one attached hydrogen (secondary N) is 1. The molecule has 0 bridgehead atoms. The molecule has 156 valence electrons. The number of carbonyl (C=O) groups excluding carboxylic acids is 3. The van der Waals surface area contributed by atoms with Gasteiger partial charge in [-0.25, -0.2) is 10.0 Å². The Morgan fingerprint density at radius 3 is 2.69 bits per heavy atom. The summed E-state index contributed by atoms with van der Waals surface area (Å²) in [6.45, 7) is 1.54. The van der Waals surface area contributed by atoms with Crippen molar-refractivity contribution in [3.05, 3.63) is 42.2 Å². The maximum Gasteiger partial charge on any atom is 0.265 e. The molecule has 3 amide bonds. The van der Waals surface area contributed by atoms with Crippen LogP contribution in [-0.4, -0.2) is 77.3 Å². The van der Waals surface area contributed by atoms with Gasteiger partial charge in [-0.1, -0.05) is 17.8 Å². The Morgan fingerprint density at radius 1 is 1.28 bits per heavy atom. The molecule has 0 saturated carbocycles. The molecule has 9 nitrogen and oxygen atoms in total. The zero-order chi connectivity index (χ0) is 21.4. The minimum atomic E-state index is -0.431. The second-order valence-corrected chi connectivity index (χ2v) is 6.75. The standard InChI is InChI=1S/C19H25N5O4S/c1-5-28-22(3)17(26)13-23(12-16(25)20-2)18(27)14-7-6-8-15(11-14)24-10-9-21-19(24)29-4/h6-11H,5,12-13H2,1-4H3,(H,20,25). The van der Waals surface area contributed by atoms with E-state index in [9.17, 15) is 14.4 Å². The highest BCUT2D eigenvalue weighted by molar-refractivity contribution is 7.98. The molecular formula is C19H25N5O4S. The van der Waals surface area contributed by atoms with Gasteiger partial charge in [0.15, 0.2) is 5.16 Å².